The number of rotatable bonds is 2. The molecule has 0 spiro atoms. The lowest BCUT2D eigenvalue weighted by Crippen LogP contribution is -1.83. The van der Waals surface area contributed by atoms with Crippen molar-refractivity contribution >= 4 is 22.9 Å². The molecule has 3 aromatic rings. The summed E-state index contributed by atoms with van der Waals surface area (Å²) in [6.45, 7) is 0. The van der Waals surface area contributed by atoms with Crippen LogP contribution in [-0.2, 0) is 0 Å². The van der Waals surface area contributed by atoms with Crippen LogP contribution in [0.25, 0.3) is 21.8 Å². The summed E-state index contributed by atoms with van der Waals surface area (Å²) in [7, 11) is 0. The van der Waals surface area contributed by atoms with E-state index < -0.39 is 0 Å². The summed E-state index contributed by atoms with van der Waals surface area (Å²) in [5.41, 5.74) is 2.85. The van der Waals surface area contributed by atoms with E-state index in [4.69, 9.17) is 11.6 Å². The van der Waals surface area contributed by atoms with E-state index in [-0.39, 0.29) is 0 Å². The van der Waals surface area contributed by atoms with Crippen molar-refractivity contribution in [3.8, 4) is 21.8 Å². The summed E-state index contributed by atoms with van der Waals surface area (Å²) in [4.78, 5) is 9.77. The molecule has 0 aliphatic heterocycles. The van der Waals surface area contributed by atoms with Crippen molar-refractivity contribution < 1.29 is 0 Å². The Hall–Kier alpha value is -1.71. The molecule has 0 bridgehead atoms. The summed E-state index contributed by atoms with van der Waals surface area (Å²) in [6.07, 6.45) is 1.78. The molecule has 0 radical (unpaired) electrons. The number of thiazole rings is 1. The van der Waals surface area contributed by atoms with Crippen molar-refractivity contribution in [2.24, 2.45) is 0 Å². The maximum atomic E-state index is 6.04. The molecule has 2 nitrogen and oxygen atoms in total. The summed E-state index contributed by atoms with van der Waals surface area (Å²) in [5, 5.41) is 0. The van der Waals surface area contributed by atoms with Gasteiger partial charge in [-0.25, -0.2) is 4.98 Å². The zero-order valence-corrected chi connectivity index (χ0v) is 10.9. The van der Waals surface area contributed by atoms with Gasteiger partial charge in [0.05, 0.1) is 16.3 Å². The van der Waals surface area contributed by atoms with Crippen molar-refractivity contribution in [3.05, 3.63) is 59.2 Å². The van der Waals surface area contributed by atoms with Gasteiger partial charge >= 0.3 is 0 Å². The first-order valence-corrected chi connectivity index (χ1v) is 6.67. The highest BCUT2D eigenvalue weighted by molar-refractivity contribution is 7.19. The molecule has 0 unspecified atom stereocenters. The minimum atomic E-state index is 0.537. The molecule has 1 aromatic carbocycles. The number of hydrogen-bond donors (Lipinski definition) is 0. The van der Waals surface area contributed by atoms with Crippen LogP contribution in [0.15, 0.2) is 54.7 Å². The van der Waals surface area contributed by atoms with Gasteiger partial charge in [0.25, 0.3) is 0 Å². The van der Waals surface area contributed by atoms with Gasteiger partial charge in [-0.2, -0.15) is 0 Å². The normalized spacial score (nSPS) is 10.5. The zero-order valence-electron chi connectivity index (χ0n) is 9.38. The predicted molar refractivity (Wildman–Crippen MR) is 75.8 cm³/mol. The lowest BCUT2D eigenvalue weighted by molar-refractivity contribution is 1.33. The second-order valence-electron chi connectivity index (χ2n) is 3.73. The fraction of sp³-hybridized carbons (Fsp3) is 0. The van der Waals surface area contributed by atoms with Crippen LogP contribution < -0.4 is 0 Å². The van der Waals surface area contributed by atoms with Gasteiger partial charge in [-0.3, -0.25) is 4.98 Å². The molecule has 0 saturated heterocycles. The predicted octanol–water partition coefficient (Wildman–Crippen LogP) is 4.53. The Morgan fingerprint density at radius 1 is 0.944 bits per heavy atom. The Bertz CT molecular complexity index is 593. The van der Waals surface area contributed by atoms with Gasteiger partial charge in [-0.05, 0) is 12.1 Å². The van der Waals surface area contributed by atoms with Crippen LogP contribution in [-0.4, -0.2) is 9.97 Å². The monoisotopic (exact) mass is 272 g/mol. The van der Waals surface area contributed by atoms with E-state index in [1.165, 1.54) is 11.3 Å². The van der Waals surface area contributed by atoms with Crippen molar-refractivity contribution in [3.63, 3.8) is 0 Å². The highest BCUT2D eigenvalue weighted by atomic mass is 35.5. The van der Waals surface area contributed by atoms with E-state index in [1.54, 1.807) is 6.20 Å². The van der Waals surface area contributed by atoms with Gasteiger partial charge in [0.1, 0.15) is 0 Å². The maximum Gasteiger partial charge on any atom is 0.184 e. The molecule has 4 heteroatoms. The number of hydrogen-bond acceptors (Lipinski definition) is 3. The molecule has 88 valence electrons. The Labute approximate surface area is 114 Å². The number of benzene rings is 1. The minimum absolute atomic E-state index is 0.537. The van der Waals surface area contributed by atoms with E-state index in [9.17, 15) is 0 Å². The molecule has 0 aliphatic rings. The van der Waals surface area contributed by atoms with Crippen LogP contribution >= 0.6 is 22.9 Å². The van der Waals surface area contributed by atoms with Crippen LogP contribution in [0.5, 0.6) is 0 Å². The quantitative estimate of drug-likeness (QED) is 0.685. The number of halogens is 1. The third-order valence-corrected chi connectivity index (χ3v) is 3.73. The molecule has 0 aliphatic carbocycles. The van der Waals surface area contributed by atoms with E-state index >= 15 is 0 Å². The lowest BCUT2D eigenvalue weighted by Gasteiger charge is -2.01. The highest BCUT2D eigenvalue weighted by Gasteiger charge is 2.14. The molecule has 2 aromatic heterocycles. The fourth-order valence-corrected chi connectivity index (χ4v) is 2.86. The first-order chi connectivity index (χ1) is 8.84. The molecule has 0 saturated carbocycles. The summed E-state index contributed by atoms with van der Waals surface area (Å²) < 4.78 is 0.537. The van der Waals surface area contributed by atoms with Gasteiger partial charge in [-0.15, -0.1) is 11.3 Å². The third-order valence-electron chi connectivity index (χ3n) is 2.55. The molecule has 18 heavy (non-hydrogen) atoms. The molecule has 0 amide bonds. The average molecular weight is 273 g/mol. The Morgan fingerprint density at radius 3 is 2.44 bits per heavy atom. The van der Waals surface area contributed by atoms with Crippen molar-refractivity contribution in [1.82, 2.24) is 9.97 Å². The zero-order chi connectivity index (χ0) is 12.4. The van der Waals surface area contributed by atoms with Crippen molar-refractivity contribution in [1.29, 1.82) is 0 Å². The minimum Gasteiger partial charge on any atom is -0.255 e. The van der Waals surface area contributed by atoms with Crippen LogP contribution in [0.4, 0.5) is 0 Å². The summed E-state index contributed by atoms with van der Waals surface area (Å²) >= 11 is 7.50. The first-order valence-electron chi connectivity index (χ1n) is 5.48. The molecule has 0 N–H and O–H groups in total. The second-order valence-corrected chi connectivity index (χ2v) is 5.31. The van der Waals surface area contributed by atoms with Gasteiger partial charge in [-0.1, -0.05) is 48.0 Å². The average Bonchev–Trinajstić information content (AvgIpc) is 2.83. The van der Waals surface area contributed by atoms with Crippen LogP contribution in [0.3, 0.4) is 0 Å². The second kappa shape index (κ2) is 4.88. The van der Waals surface area contributed by atoms with E-state index in [2.05, 4.69) is 9.97 Å². The number of nitrogens with zero attached hydrogens (tertiary/aromatic N) is 2. The van der Waals surface area contributed by atoms with Crippen molar-refractivity contribution in [2.45, 2.75) is 0 Å². The molecule has 2 heterocycles. The Balaban J connectivity index is 2.17. The van der Waals surface area contributed by atoms with E-state index in [0.29, 0.717) is 4.47 Å². The van der Waals surface area contributed by atoms with E-state index in [1.807, 2.05) is 48.5 Å². The largest absolute Gasteiger partial charge is 0.255 e. The number of aromatic nitrogens is 2. The van der Waals surface area contributed by atoms with Gasteiger partial charge in [0.15, 0.2) is 4.47 Å². The Morgan fingerprint density at radius 2 is 1.72 bits per heavy atom. The van der Waals surface area contributed by atoms with Crippen LogP contribution in [0, 0.1) is 0 Å². The highest BCUT2D eigenvalue weighted by Crippen LogP contribution is 2.37. The molecule has 0 atom stereocenters. The van der Waals surface area contributed by atoms with Gasteiger partial charge < -0.3 is 0 Å². The fourth-order valence-electron chi connectivity index (χ4n) is 1.76. The summed E-state index contributed by atoms with van der Waals surface area (Å²) in [6, 6.07) is 15.8. The first kappa shape index (κ1) is 11.4. The van der Waals surface area contributed by atoms with Crippen LogP contribution in [0.2, 0.25) is 4.47 Å². The molecule has 0 fully saturated rings. The smallest absolute Gasteiger partial charge is 0.184 e. The maximum absolute atomic E-state index is 6.04. The van der Waals surface area contributed by atoms with Crippen LogP contribution in [0.1, 0.15) is 0 Å². The third kappa shape index (κ3) is 2.15. The standard InChI is InChI=1S/C14H9ClN2S/c15-14-17-12(10-6-2-1-3-7-10)13(18-14)11-8-4-5-9-16-11/h1-9H. The summed E-state index contributed by atoms with van der Waals surface area (Å²) in [5.74, 6) is 0. The number of pyridine rings is 1. The SMILES string of the molecule is Clc1nc(-c2ccccc2)c(-c2ccccn2)s1. The topological polar surface area (TPSA) is 25.8 Å². The molecular formula is C14H9ClN2S. The van der Waals surface area contributed by atoms with Crippen molar-refractivity contribution in [2.75, 3.05) is 0 Å². The lowest BCUT2D eigenvalue weighted by atomic mass is 10.1. The Kier molecular flexibility index (Phi) is 3.09. The van der Waals surface area contributed by atoms with Gasteiger partial charge in [0, 0.05) is 11.8 Å². The molecule has 3 rings (SSSR count). The molecular weight excluding hydrogens is 264 g/mol. The van der Waals surface area contributed by atoms with E-state index in [0.717, 1.165) is 21.8 Å². The van der Waals surface area contributed by atoms with Gasteiger partial charge in [0.2, 0.25) is 0 Å².